The third-order valence-corrected chi connectivity index (χ3v) is 15.1. The molecule has 5 aliphatic rings. The van der Waals surface area contributed by atoms with Gasteiger partial charge in [0.25, 0.3) is 0 Å². The summed E-state index contributed by atoms with van der Waals surface area (Å²) in [5.41, 5.74) is 6.67. The van der Waals surface area contributed by atoms with E-state index >= 15 is 4.39 Å². The number of anilines is 1. The summed E-state index contributed by atoms with van der Waals surface area (Å²) in [6.45, 7) is 15.1. The third-order valence-electron chi connectivity index (χ3n) is 15.1. The first-order chi connectivity index (χ1) is 36.4. The molecule has 2 fully saturated rings. The minimum Gasteiger partial charge on any atom is -0.454 e. The van der Waals surface area contributed by atoms with E-state index in [1.54, 1.807) is 12.1 Å². The van der Waals surface area contributed by atoms with Gasteiger partial charge in [0, 0.05) is 88.2 Å². The van der Waals surface area contributed by atoms with Crippen LogP contribution in [0, 0.1) is 24.5 Å². The minimum absolute atomic E-state index is 0. The number of halogens is 2. The zero-order chi connectivity index (χ0) is 54.4. The van der Waals surface area contributed by atoms with Gasteiger partial charge in [-0.3, -0.25) is 9.59 Å². The molecule has 15 heteroatoms. The molecule has 3 N–H and O–H groups in total. The molecular weight excluding hydrogens is 1100 g/mol. The second-order valence-corrected chi connectivity index (χ2v) is 22.4. The molecule has 12 nitrogen and oxygen atoms in total. The second-order valence-electron chi connectivity index (χ2n) is 22.4. The van der Waals surface area contributed by atoms with E-state index in [1.165, 1.54) is 0 Å². The van der Waals surface area contributed by atoms with Crippen molar-refractivity contribution in [2.45, 2.75) is 142 Å². The van der Waals surface area contributed by atoms with Crippen molar-refractivity contribution < 1.29 is 77.5 Å². The molecule has 1 unspecified atom stereocenters. The van der Waals surface area contributed by atoms with Gasteiger partial charge in [-0.25, -0.2) is 8.78 Å². The normalized spacial score (nSPS) is 16.1. The van der Waals surface area contributed by atoms with Gasteiger partial charge in [-0.05, 0) is 126 Å². The van der Waals surface area contributed by atoms with Crippen LogP contribution >= 0.6 is 0 Å². The van der Waals surface area contributed by atoms with Crippen molar-refractivity contribution in [3.8, 4) is 23.0 Å². The van der Waals surface area contributed by atoms with E-state index in [4.69, 9.17) is 28.8 Å². The molecular formula is C64H79F2N2O10Pd-. The molecule has 0 spiro atoms. The summed E-state index contributed by atoms with van der Waals surface area (Å²) in [5, 5.41) is 20.7. The quantitative estimate of drug-likeness (QED) is 0.0367. The van der Waals surface area contributed by atoms with Crippen LogP contribution in [0.3, 0.4) is 0 Å². The first kappa shape index (κ1) is 63.9. The number of aryl methyl sites for hydroxylation is 1. The standard InChI is InChI=1S/C27H30FNO4.C24H26FNO3.C10H12O2.CH4O.CH4.CH3.Pd/c1-26(2,3)24-12-18-11-17(20(28)15-21(18)29(24)9-4-10-30)13-25(31)27(7-8-27)19-5-6-22-23(14-19)33-16-32-22;1-23(2,3)21-9-15-8-14(17(25)12-18(15)26-21)10-22(27)24(6-7-24)16-4-5-19-20(11-16)29-13-28-19;11-7-4-8-12-9-10-5-2-1-3-6-10;1-2;;;/h5-6,11-12,14-15,30H,4,7-10,13,16H2,1-3H3;4-5,8,11-12,21,26H,6-7,9-10,13H2,1-3H3;1-3,5-7H,4,8-9H2;2H,1H3;1H4;1H3;/q;;;;;-1;. The summed E-state index contributed by atoms with van der Waals surface area (Å²) in [6.07, 6.45) is 6.11. The number of aliphatic hydroxyl groups is 2. The van der Waals surface area contributed by atoms with Gasteiger partial charge >= 0.3 is 0 Å². The molecule has 0 radical (unpaired) electrons. The number of carbonyl (C=O) groups excluding carboxylic acids is 3. The van der Waals surface area contributed by atoms with E-state index < -0.39 is 10.8 Å². The summed E-state index contributed by atoms with van der Waals surface area (Å²) >= 11 is 0. The summed E-state index contributed by atoms with van der Waals surface area (Å²) in [6, 6.07) is 30.5. The average Bonchev–Trinajstić information content (AvgIpc) is 4.22. The van der Waals surface area contributed by atoms with Crippen LogP contribution in [0.4, 0.5) is 14.5 Å². The first-order valence-corrected chi connectivity index (χ1v) is 26.3. The van der Waals surface area contributed by atoms with Crippen LogP contribution in [-0.4, -0.2) is 72.6 Å². The van der Waals surface area contributed by atoms with Crippen LogP contribution in [0.1, 0.15) is 127 Å². The Balaban J connectivity index is 0.000000229. The number of rotatable bonds is 16. The van der Waals surface area contributed by atoms with Gasteiger partial charge in [-0.15, -0.1) is 0 Å². The number of aromatic nitrogens is 1. The van der Waals surface area contributed by atoms with Gasteiger partial charge in [0.05, 0.1) is 29.6 Å². The Morgan fingerprint density at radius 3 is 1.78 bits per heavy atom. The number of carbonyl (C=O) groups is 3. The Hall–Kier alpha value is -5.95. The maximum atomic E-state index is 15.2. The van der Waals surface area contributed by atoms with Crippen LogP contribution < -0.4 is 24.3 Å². The maximum absolute atomic E-state index is 15.2. The number of nitrogens with one attached hydrogen (secondary N) is 1. The summed E-state index contributed by atoms with van der Waals surface area (Å²) < 4.78 is 59.0. The van der Waals surface area contributed by atoms with Crippen molar-refractivity contribution in [3.05, 3.63) is 155 Å². The molecule has 6 aromatic rings. The van der Waals surface area contributed by atoms with Crippen molar-refractivity contribution in [2.75, 3.05) is 39.2 Å². The predicted octanol–water partition coefficient (Wildman–Crippen LogP) is 12.3. The average molecular weight is 1180 g/mol. The monoisotopic (exact) mass is 1180 g/mol. The zero-order valence-corrected chi connectivity index (χ0v) is 47.7. The van der Waals surface area contributed by atoms with E-state index in [-0.39, 0.29) is 108 Å². The van der Waals surface area contributed by atoms with Crippen LogP contribution in [0.25, 0.3) is 10.9 Å². The van der Waals surface area contributed by atoms with Crippen LogP contribution in [-0.2, 0) is 88.2 Å². The molecule has 79 heavy (non-hydrogen) atoms. The molecule has 2 aliphatic carbocycles. The van der Waals surface area contributed by atoms with E-state index in [9.17, 15) is 23.9 Å². The molecule has 1 atom stereocenters. The molecule has 0 bridgehead atoms. The van der Waals surface area contributed by atoms with E-state index in [0.717, 1.165) is 90.0 Å². The van der Waals surface area contributed by atoms with Gasteiger partial charge in [-0.1, -0.05) is 97.5 Å². The molecule has 0 saturated heterocycles. The van der Waals surface area contributed by atoms with Gasteiger partial charge in [0.2, 0.25) is 13.6 Å². The first-order valence-electron chi connectivity index (χ1n) is 26.3. The minimum atomic E-state index is -0.563. The fourth-order valence-corrected chi connectivity index (χ4v) is 10.3. The summed E-state index contributed by atoms with van der Waals surface area (Å²) in [5.74, 6) is 2.20. The fraction of sp³-hybridized carbons (Fsp3) is 0.438. The topological polar surface area (TPSA) is 155 Å². The number of aldehydes is 1. The number of hydrogen-bond acceptors (Lipinski definition) is 11. The van der Waals surface area contributed by atoms with Crippen LogP contribution in [0.15, 0.2) is 97.1 Å². The van der Waals surface area contributed by atoms with E-state index in [2.05, 4.69) is 57.5 Å². The molecule has 11 rings (SSSR count). The van der Waals surface area contributed by atoms with Gasteiger partial charge in [0.15, 0.2) is 23.0 Å². The third kappa shape index (κ3) is 14.5. The SMILES string of the molecule is C.CC(C)(C)C1Cc2cc(CC(=O)C3(c4ccc5c(c4)OCO5)CC3)c(F)cc2N1.CC(C)(C)c1cc2cc(CC(=O)C3(c4ccc5c(c4)OCO5)CC3)c(F)cc2n1CCCO.CO.O=CCCOCc1ccccc1.[CH3-].[Pd]. The largest absolute Gasteiger partial charge is 0.454 e. The number of benzene rings is 5. The number of Topliss-reactive ketones (excluding diaryl/α,β-unsaturated/α-hetero) is 2. The molecule has 4 heterocycles. The van der Waals surface area contributed by atoms with E-state index in [1.807, 2.05) is 78.9 Å². The van der Waals surface area contributed by atoms with Gasteiger partial charge in [0.1, 0.15) is 29.5 Å². The fourth-order valence-electron chi connectivity index (χ4n) is 10.3. The number of ketones is 2. The van der Waals surface area contributed by atoms with Crippen molar-refractivity contribution >= 4 is 34.4 Å². The molecule has 2 saturated carbocycles. The van der Waals surface area contributed by atoms with Crippen LogP contribution in [0.5, 0.6) is 23.0 Å². The van der Waals surface area contributed by atoms with Crippen LogP contribution in [0.2, 0.25) is 0 Å². The number of hydrogen-bond donors (Lipinski definition) is 3. The summed E-state index contributed by atoms with van der Waals surface area (Å²) in [4.78, 5) is 36.5. The zero-order valence-electron chi connectivity index (χ0n) is 46.2. The van der Waals surface area contributed by atoms with Crippen molar-refractivity contribution in [2.24, 2.45) is 5.41 Å². The van der Waals surface area contributed by atoms with Gasteiger partial charge < -0.3 is 56.0 Å². The smallest absolute Gasteiger partial charge is 0.231 e. The molecule has 1 aromatic heterocycles. The van der Waals surface area contributed by atoms with Gasteiger partial charge in [-0.2, -0.15) is 0 Å². The molecule has 430 valence electrons. The maximum Gasteiger partial charge on any atom is 0.231 e. The molecule has 3 aliphatic heterocycles. The number of ether oxygens (including phenoxy) is 5. The van der Waals surface area contributed by atoms with Crippen molar-refractivity contribution in [3.63, 3.8) is 0 Å². The molecule has 0 amide bonds. The number of aliphatic hydroxyl groups excluding tert-OH is 2. The Labute approximate surface area is 479 Å². The Morgan fingerprint density at radius 1 is 0.747 bits per heavy atom. The molecule has 5 aromatic carbocycles. The summed E-state index contributed by atoms with van der Waals surface area (Å²) in [7, 11) is 1.00. The predicted molar refractivity (Wildman–Crippen MR) is 302 cm³/mol. The Bertz CT molecular complexity index is 3050. The number of nitrogens with zero attached hydrogens (tertiary/aromatic N) is 1. The van der Waals surface area contributed by atoms with Crippen molar-refractivity contribution in [1.82, 2.24) is 4.57 Å². The van der Waals surface area contributed by atoms with E-state index in [0.29, 0.717) is 66.7 Å². The second kappa shape index (κ2) is 27.0. The Kier molecular flexibility index (Phi) is 21.8. The van der Waals surface area contributed by atoms with Crippen molar-refractivity contribution in [1.29, 1.82) is 0 Å². The Morgan fingerprint density at radius 2 is 1.28 bits per heavy atom. The number of fused-ring (bicyclic) bond motifs is 4.